The van der Waals surface area contributed by atoms with E-state index in [1.54, 1.807) is 74.5 Å². The van der Waals surface area contributed by atoms with E-state index in [1.165, 1.54) is 6.07 Å². The van der Waals surface area contributed by atoms with Gasteiger partial charge in [-0.2, -0.15) is 26.3 Å². The maximum absolute atomic E-state index is 14.5. The molecule has 0 aliphatic carbocycles. The number of aromatic amines is 1. The van der Waals surface area contributed by atoms with Crippen LogP contribution in [-0.2, 0) is 42.2 Å². The van der Waals surface area contributed by atoms with Gasteiger partial charge in [-0.05, 0) is 90.4 Å². The topological polar surface area (TPSA) is 175 Å². The number of carbonyl (C=O) groups excluding carboxylic acids is 1. The summed E-state index contributed by atoms with van der Waals surface area (Å²) in [7, 11) is -8.42. The summed E-state index contributed by atoms with van der Waals surface area (Å²) in [6.45, 7) is 5.38. The number of H-pyrrole nitrogens is 1. The van der Waals surface area contributed by atoms with Crippen molar-refractivity contribution in [1.82, 2.24) is 19.4 Å². The van der Waals surface area contributed by atoms with E-state index in [0.29, 0.717) is 39.4 Å². The number of carboxylic acid groups (broad SMARTS) is 1. The maximum atomic E-state index is 14.5. The van der Waals surface area contributed by atoms with Crippen LogP contribution in [0.25, 0.3) is 22.2 Å². The number of carbonyl (C=O) groups is 2. The van der Waals surface area contributed by atoms with Crippen LogP contribution in [0.4, 0.5) is 26.3 Å². The Labute approximate surface area is 310 Å². The van der Waals surface area contributed by atoms with Gasteiger partial charge in [-0.3, -0.25) is 9.52 Å². The minimum atomic E-state index is -5.08. The zero-order valence-corrected chi connectivity index (χ0v) is 30.6. The fourth-order valence-corrected chi connectivity index (χ4v) is 8.60. The number of para-hydroxylation sites is 2. The van der Waals surface area contributed by atoms with Gasteiger partial charge in [0.25, 0.3) is 0 Å². The Kier molecular flexibility index (Phi) is 11.2. The van der Waals surface area contributed by atoms with Gasteiger partial charge in [-0.25, -0.2) is 31.3 Å². The molecule has 1 fully saturated rings. The lowest BCUT2D eigenvalue weighted by Gasteiger charge is -2.20. The number of aryl methyl sites for hydroxylation is 3. The first-order valence-corrected chi connectivity index (χ1v) is 19.2. The highest BCUT2D eigenvalue weighted by Crippen LogP contribution is 2.40. The van der Waals surface area contributed by atoms with Crippen LogP contribution in [0.5, 0.6) is 0 Å². The molecule has 4 N–H and O–H groups in total. The van der Waals surface area contributed by atoms with E-state index in [0.717, 1.165) is 17.2 Å². The Hall–Kier alpha value is -5.27. The zero-order chi connectivity index (χ0) is 40.7. The van der Waals surface area contributed by atoms with Crippen LogP contribution >= 0.6 is 0 Å². The van der Waals surface area contributed by atoms with Gasteiger partial charge in [-0.15, -0.1) is 0 Å². The number of hydrogen-bond acceptors (Lipinski definition) is 7. The number of benzene rings is 4. The first kappa shape index (κ1) is 40.9. The largest absolute Gasteiger partial charge is 0.490 e. The van der Waals surface area contributed by atoms with E-state index in [9.17, 15) is 48.0 Å². The Balaban J connectivity index is 0.000000757. The van der Waals surface area contributed by atoms with Crippen molar-refractivity contribution in [1.29, 1.82) is 0 Å². The van der Waals surface area contributed by atoms with Crippen LogP contribution in [0.1, 0.15) is 56.9 Å². The van der Waals surface area contributed by atoms with Gasteiger partial charge in [0.2, 0.25) is 26.0 Å². The summed E-state index contributed by atoms with van der Waals surface area (Å²) in [5.41, 5.74) is 3.66. The first-order valence-electron chi connectivity index (χ1n) is 16.2. The summed E-state index contributed by atoms with van der Waals surface area (Å²) in [6.07, 6.45) is -10.1. The number of sulfonamides is 2. The summed E-state index contributed by atoms with van der Waals surface area (Å²) >= 11 is 0. The predicted molar refractivity (Wildman–Crippen MR) is 189 cm³/mol. The highest BCUT2D eigenvalue weighted by molar-refractivity contribution is 7.90. The third-order valence-electron chi connectivity index (χ3n) is 8.81. The Morgan fingerprint density at radius 3 is 2.09 bits per heavy atom. The first-order chi connectivity index (χ1) is 25.5. The number of carboxylic acids is 1. The molecular weight excluding hydrogens is 779 g/mol. The molecule has 2 atom stereocenters. The fraction of sp³-hybridized carbons (Fsp3) is 0.250. The lowest BCUT2D eigenvalue weighted by molar-refractivity contribution is -0.192. The predicted octanol–water partition coefficient (Wildman–Crippen LogP) is 6.96. The Morgan fingerprint density at radius 2 is 1.53 bits per heavy atom. The molecule has 1 aliphatic rings. The lowest BCUT2D eigenvalue weighted by Crippen LogP contribution is -2.31. The summed E-state index contributed by atoms with van der Waals surface area (Å²) < 4.78 is 132. The van der Waals surface area contributed by atoms with Crippen molar-refractivity contribution in [2.45, 2.75) is 62.2 Å². The number of fused-ring (bicyclic) bond motifs is 1. The van der Waals surface area contributed by atoms with E-state index in [-0.39, 0.29) is 24.2 Å². The Bertz CT molecular complexity index is 2470. The molecule has 1 aromatic heterocycles. The molecule has 11 nitrogen and oxygen atoms in total. The van der Waals surface area contributed by atoms with E-state index in [1.807, 2.05) is 11.6 Å². The third-order valence-corrected chi connectivity index (χ3v) is 12.0. The molecule has 55 heavy (non-hydrogen) atoms. The number of nitrogens with zero attached hydrogens (tertiary/aromatic N) is 1. The minimum Gasteiger partial charge on any atom is -0.475 e. The molecular formula is C36H32F6N4O7S2. The average Bonchev–Trinajstić information content (AvgIpc) is 3.64. The van der Waals surface area contributed by atoms with Crippen LogP contribution < -0.4 is 9.44 Å². The van der Waals surface area contributed by atoms with Gasteiger partial charge in [0.1, 0.15) is 11.1 Å². The second-order valence-electron chi connectivity index (χ2n) is 12.8. The van der Waals surface area contributed by atoms with E-state index < -0.39 is 66.0 Å². The molecule has 2 heterocycles. The maximum Gasteiger partial charge on any atom is 0.490 e. The molecule has 1 saturated heterocycles. The number of aromatic nitrogens is 2. The number of imidazole rings is 1. The van der Waals surface area contributed by atoms with Crippen molar-refractivity contribution in [3.63, 3.8) is 0 Å². The molecule has 0 saturated carbocycles. The molecule has 4 aromatic carbocycles. The van der Waals surface area contributed by atoms with Crippen molar-refractivity contribution in [3.8, 4) is 11.1 Å². The average molecular weight is 811 g/mol. The number of hydrogen-bond donors (Lipinski definition) is 4. The van der Waals surface area contributed by atoms with Gasteiger partial charge in [0.15, 0.2) is 0 Å². The van der Waals surface area contributed by atoms with Gasteiger partial charge < -0.3 is 10.1 Å². The molecule has 19 heteroatoms. The van der Waals surface area contributed by atoms with Crippen LogP contribution in [0.15, 0.2) is 83.8 Å². The van der Waals surface area contributed by atoms with Crippen molar-refractivity contribution in [2.75, 3.05) is 0 Å². The van der Waals surface area contributed by atoms with Gasteiger partial charge in [0.05, 0.1) is 34.0 Å². The number of halogens is 6. The molecule has 6 rings (SSSR count). The SMILES string of the molecule is Cc1cc(C)c(-c2ccc(S(=O)(=O)N[C@@H](Cc3ccc(C4CC(=O)NS4(=O)=O)cc3)c3nc4ccccc4[nH]3)cc2C(F)(F)F)cc1C.O=C(O)C(F)(F)F. The number of alkyl halides is 6. The summed E-state index contributed by atoms with van der Waals surface area (Å²) in [5.74, 6) is -3.13. The monoisotopic (exact) mass is 810 g/mol. The second kappa shape index (κ2) is 15.1. The molecule has 0 spiro atoms. The smallest absolute Gasteiger partial charge is 0.475 e. The van der Waals surface area contributed by atoms with Crippen molar-refractivity contribution >= 4 is 43.0 Å². The van der Waals surface area contributed by atoms with Gasteiger partial charge in [-0.1, -0.05) is 54.6 Å². The standard InChI is InChI=1S/C34H31F3N4O5S2.C2HF3O2/c1-19-14-21(3)26(15-20(19)2)25-13-12-24(17-27(25)34(35,36)37)47(43,44)40-30(33-38-28-6-4-5-7-29(28)39-33)16-22-8-10-23(11-9-22)31-18-32(42)41-48(31,45)46;3-2(4,5)1(6)7/h4-15,17,30-31,40H,16,18H2,1-3H3,(H,38,39)(H,41,42);(H,6,7)/t30-,31?;/m0./s1. The third kappa shape index (κ3) is 9.34. The number of rotatable bonds is 8. The second-order valence-corrected chi connectivity index (χ2v) is 16.4. The molecule has 0 bridgehead atoms. The highest BCUT2D eigenvalue weighted by Gasteiger charge is 2.39. The number of aliphatic carboxylic acids is 1. The van der Waals surface area contributed by atoms with Crippen LogP contribution in [0, 0.1) is 20.8 Å². The fourth-order valence-electron chi connectivity index (χ4n) is 5.95. The lowest BCUT2D eigenvalue weighted by atomic mass is 9.92. The summed E-state index contributed by atoms with van der Waals surface area (Å²) in [5, 5.41) is 6.07. The van der Waals surface area contributed by atoms with Crippen LogP contribution in [-0.4, -0.2) is 50.0 Å². The minimum absolute atomic E-state index is 0.0139. The molecule has 1 unspecified atom stereocenters. The summed E-state index contributed by atoms with van der Waals surface area (Å²) in [6, 6.07) is 18.7. The van der Waals surface area contributed by atoms with E-state index in [4.69, 9.17) is 9.90 Å². The van der Waals surface area contributed by atoms with Crippen LogP contribution in [0.2, 0.25) is 0 Å². The highest BCUT2D eigenvalue weighted by atomic mass is 32.2. The van der Waals surface area contributed by atoms with Gasteiger partial charge >= 0.3 is 18.3 Å². The summed E-state index contributed by atoms with van der Waals surface area (Å²) in [4.78, 5) is 27.7. The normalized spacial score (nSPS) is 16.3. The Morgan fingerprint density at radius 1 is 0.909 bits per heavy atom. The van der Waals surface area contributed by atoms with Crippen molar-refractivity contribution in [2.24, 2.45) is 0 Å². The molecule has 1 amide bonds. The van der Waals surface area contributed by atoms with Crippen LogP contribution in [0.3, 0.4) is 0 Å². The number of amides is 1. The van der Waals surface area contributed by atoms with Crippen molar-refractivity contribution in [3.05, 3.63) is 118 Å². The van der Waals surface area contributed by atoms with E-state index >= 15 is 0 Å². The molecule has 1 aliphatic heterocycles. The quantitative estimate of drug-likeness (QED) is 0.122. The molecule has 5 aromatic rings. The zero-order valence-electron chi connectivity index (χ0n) is 29.0. The molecule has 292 valence electrons. The number of nitrogens with one attached hydrogen (secondary N) is 3. The van der Waals surface area contributed by atoms with Crippen molar-refractivity contribution < 1.29 is 57.9 Å². The molecule has 0 radical (unpaired) electrons. The van der Waals surface area contributed by atoms with Gasteiger partial charge in [0, 0.05) is 0 Å². The van der Waals surface area contributed by atoms with E-state index in [2.05, 4.69) is 14.7 Å².